The summed E-state index contributed by atoms with van der Waals surface area (Å²) < 4.78 is 35.5. The van der Waals surface area contributed by atoms with Crippen LogP contribution in [0.3, 0.4) is 0 Å². The summed E-state index contributed by atoms with van der Waals surface area (Å²) in [5.41, 5.74) is -0.415. The van der Waals surface area contributed by atoms with Crippen molar-refractivity contribution in [1.29, 1.82) is 5.26 Å². The Labute approximate surface area is 82.2 Å². The van der Waals surface area contributed by atoms with E-state index in [-0.39, 0.29) is 5.82 Å². The van der Waals surface area contributed by atoms with E-state index in [0.29, 0.717) is 0 Å². The van der Waals surface area contributed by atoms with E-state index >= 15 is 0 Å². The lowest BCUT2D eigenvalue weighted by Crippen LogP contribution is -2.22. The molecule has 2 N–H and O–H groups in total. The summed E-state index contributed by atoms with van der Waals surface area (Å²) in [6.07, 6.45) is -3.57. The lowest BCUT2D eigenvalue weighted by atomic mass is 10.3. The first-order chi connectivity index (χ1) is 6.94. The number of anilines is 1. The molecule has 0 bridgehead atoms. The van der Waals surface area contributed by atoms with Gasteiger partial charge in [0.05, 0.1) is 0 Å². The molecule has 0 unspecified atom stereocenters. The monoisotopic (exact) mass is 218 g/mol. The third-order valence-corrected chi connectivity index (χ3v) is 1.40. The van der Waals surface area contributed by atoms with Gasteiger partial charge in [-0.2, -0.15) is 18.4 Å². The molecule has 0 spiro atoms. The average Bonchev–Trinajstić information content (AvgIpc) is 2.13. The van der Waals surface area contributed by atoms with Gasteiger partial charge >= 0.3 is 6.18 Å². The highest BCUT2D eigenvalue weighted by molar-refractivity contribution is 5.55. The normalized spacial score (nSPS) is 10.8. The average molecular weight is 218 g/mol. The number of halogens is 3. The molecule has 0 amide bonds. The maximum atomic E-state index is 11.8. The Morgan fingerprint density at radius 2 is 2.13 bits per heavy atom. The van der Waals surface area contributed by atoms with Gasteiger partial charge in [-0.1, -0.05) is 0 Å². The van der Waals surface area contributed by atoms with Crippen LogP contribution in [0.25, 0.3) is 0 Å². The maximum Gasteiger partial charge on any atom is 0.405 e. The molecule has 1 aromatic rings. The second-order valence-electron chi connectivity index (χ2n) is 2.50. The molecule has 1 aromatic heterocycles. The molecule has 0 fully saturated rings. The summed E-state index contributed by atoms with van der Waals surface area (Å²) in [5.74, 6) is -1.00. The standard InChI is InChI=1S/C7H5F3N4O/c8-7(9,10)2-12-5-4(1-11)6(15)14-3-13-5/h3H,2H2,(H2,12,13,14,15). The lowest BCUT2D eigenvalue weighted by Gasteiger charge is -2.09. The van der Waals surface area contributed by atoms with Crippen LogP contribution in [0, 0.1) is 11.3 Å². The summed E-state index contributed by atoms with van der Waals surface area (Å²) in [6, 6.07) is 1.50. The van der Waals surface area contributed by atoms with Crippen molar-refractivity contribution in [3.63, 3.8) is 0 Å². The van der Waals surface area contributed by atoms with Gasteiger partial charge in [0.25, 0.3) is 0 Å². The van der Waals surface area contributed by atoms with Crippen molar-refractivity contribution in [3.05, 3.63) is 11.9 Å². The Bertz CT molecular complexity index is 398. The SMILES string of the molecule is N#Cc1c(O)ncnc1NCC(F)(F)F. The second kappa shape index (κ2) is 4.00. The maximum absolute atomic E-state index is 11.8. The summed E-state index contributed by atoms with van der Waals surface area (Å²) in [7, 11) is 0. The van der Waals surface area contributed by atoms with Crippen LogP contribution >= 0.6 is 0 Å². The Morgan fingerprint density at radius 1 is 1.47 bits per heavy atom. The molecule has 80 valence electrons. The van der Waals surface area contributed by atoms with Crippen molar-refractivity contribution in [2.45, 2.75) is 6.18 Å². The molecular formula is C7H5F3N4O. The topological polar surface area (TPSA) is 81.8 Å². The fraction of sp³-hybridized carbons (Fsp3) is 0.286. The molecule has 8 heteroatoms. The number of hydrogen-bond donors (Lipinski definition) is 2. The minimum Gasteiger partial charge on any atom is -0.492 e. The largest absolute Gasteiger partial charge is 0.492 e. The molecular weight excluding hydrogens is 213 g/mol. The Morgan fingerprint density at radius 3 is 2.67 bits per heavy atom. The highest BCUT2D eigenvalue weighted by Gasteiger charge is 2.27. The van der Waals surface area contributed by atoms with Gasteiger partial charge in [0, 0.05) is 0 Å². The van der Waals surface area contributed by atoms with Crippen LogP contribution in [0.5, 0.6) is 5.88 Å². The minimum atomic E-state index is -4.42. The van der Waals surface area contributed by atoms with E-state index in [9.17, 15) is 13.2 Å². The second-order valence-corrected chi connectivity index (χ2v) is 2.50. The highest BCUT2D eigenvalue weighted by atomic mass is 19.4. The number of alkyl halides is 3. The summed E-state index contributed by atoms with van der Waals surface area (Å²) >= 11 is 0. The van der Waals surface area contributed by atoms with Crippen molar-refractivity contribution < 1.29 is 18.3 Å². The van der Waals surface area contributed by atoms with Gasteiger partial charge in [0.15, 0.2) is 11.4 Å². The van der Waals surface area contributed by atoms with Crippen molar-refractivity contribution in [1.82, 2.24) is 9.97 Å². The fourth-order valence-electron chi connectivity index (χ4n) is 0.797. The number of aromatic nitrogens is 2. The van der Waals surface area contributed by atoms with E-state index in [1.165, 1.54) is 6.07 Å². The van der Waals surface area contributed by atoms with Gasteiger partial charge in [-0.25, -0.2) is 9.97 Å². The molecule has 0 aliphatic rings. The Hall–Kier alpha value is -2.04. The van der Waals surface area contributed by atoms with E-state index in [1.807, 2.05) is 5.32 Å². The molecule has 0 aliphatic heterocycles. The molecule has 1 rings (SSSR count). The third kappa shape index (κ3) is 2.98. The number of nitrogens with zero attached hydrogens (tertiary/aromatic N) is 3. The molecule has 1 heterocycles. The first kappa shape index (κ1) is 11.0. The van der Waals surface area contributed by atoms with Gasteiger partial charge in [0.2, 0.25) is 5.88 Å². The van der Waals surface area contributed by atoms with E-state index in [2.05, 4.69) is 9.97 Å². The first-order valence-electron chi connectivity index (χ1n) is 3.68. The molecule has 15 heavy (non-hydrogen) atoms. The van der Waals surface area contributed by atoms with Crippen LogP contribution < -0.4 is 5.32 Å². The van der Waals surface area contributed by atoms with Crippen molar-refractivity contribution in [2.75, 3.05) is 11.9 Å². The molecule has 0 radical (unpaired) electrons. The zero-order valence-electron chi connectivity index (χ0n) is 7.21. The van der Waals surface area contributed by atoms with Crippen LogP contribution in [0.2, 0.25) is 0 Å². The van der Waals surface area contributed by atoms with Crippen molar-refractivity contribution >= 4 is 5.82 Å². The van der Waals surface area contributed by atoms with Crippen molar-refractivity contribution in [2.24, 2.45) is 0 Å². The van der Waals surface area contributed by atoms with Gasteiger partial charge in [0.1, 0.15) is 18.9 Å². The molecule has 5 nitrogen and oxygen atoms in total. The number of nitriles is 1. The molecule has 0 saturated carbocycles. The first-order valence-corrected chi connectivity index (χ1v) is 3.68. The highest BCUT2D eigenvalue weighted by Crippen LogP contribution is 2.21. The predicted molar refractivity (Wildman–Crippen MR) is 43.0 cm³/mol. The summed E-state index contributed by atoms with van der Waals surface area (Å²) in [6.45, 7) is -1.34. The Balaban J connectivity index is 2.87. The smallest absolute Gasteiger partial charge is 0.405 e. The van der Waals surface area contributed by atoms with Gasteiger partial charge in [-0.3, -0.25) is 0 Å². The fourth-order valence-corrected chi connectivity index (χ4v) is 0.797. The third-order valence-electron chi connectivity index (χ3n) is 1.40. The van der Waals surface area contributed by atoms with Gasteiger partial charge in [-0.15, -0.1) is 0 Å². The Kier molecular flexibility index (Phi) is 2.94. The zero-order chi connectivity index (χ0) is 11.5. The minimum absolute atomic E-state index is 0.345. The zero-order valence-corrected chi connectivity index (χ0v) is 7.21. The van der Waals surface area contributed by atoms with Crippen LogP contribution in [0.15, 0.2) is 6.33 Å². The number of aromatic hydroxyl groups is 1. The van der Waals surface area contributed by atoms with Crippen molar-refractivity contribution in [3.8, 4) is 11.9 Å². The summed E-state index contributed by atoms with van der Waals surface area (Å²) in [5, 5.41) is 19.4. The van der Waals surface area contributed by atoms with Gasteiger partial charge < -0.3 is 10.4 Å². The van der Waals surface area contributed by atoms with Gasteiger partial charge in [-0.05, 0) is 0 Å². The molecule has 0 atom stereocenters. The van der Waals surface area contributed by atoms with Crippen LogP contribution in [-0.2, 0) is 0 Å². The van der Waals surface area contributed by atoms with E-state index in [1.54, 1.807) is 0 Å². The number of rotatable bonds is 2. The number of hydrogen-bond acceptors (Lipinski definition) is 5. The molecule has 0 aliphatic carbocycles. The number of nitrogens with one attached hydrogen (secondary N) is 1. The van der Waals surface area contributed by atoms with E-state index in [0.717, 1.165) is 6.33 Å². The molecule has 0 aromatic carbocycles. The van der Waals surface area contributed by atoms with E-state index in [4.69, 9.17) is 10.4 Å². The quantitative estimate of drug-likeness (QED) is 0.774. The van der Waals surface area contributed by atoms with Crippen LogP contribution in [-0.4, -0.2) is 27.8 Å². The lowest BCUT2D eigenvalue weighted by molar-refractivity contribution is -0.115. The summed E-state index contributed by atoms with van der Waals surface area (Å²) in [4.78, 5) is 6.66. The molecule has 0 saturated heterocycles. The van der Waals surface area contributed by atoms with Crippen LogP contribution in [0.4, 0.5) is 19.0 Å². The predicted octanol–water partition coefficient (Wildman–Crippen LogP) is 1.03. The van der Waals surface area contributed by atoms with E-state index < -0.39 is 24.2 Å². The van der Waals surface area contributed by atoms with Crippen LogP contribution in [0.1, 0.15) is 5.56 Å².